The number of nitrogens with one attached hydrogen (secondary N) is 1. The molecule has 5 heteroatoms. The minimum Gasteiger partial charge on any atom is -0.317 e. The summed E-state index contributed by atoms with van der Waals surface area (Å²) in [5.41, 5.74) is 2.94. The molecule has 1 aliphatic heterocycles. The van der Waals surface area contributed by atoms with E-state index < -0.39 is 0 Å². The number of rotatable bonds is 3. The second kappa shape index (κ2) is 5.89. The molecule has 2 unspecified atom stereocenters. The first-order valence-corrected chi connectivity index (χ1v) is 8.59. The number of carbonyl (C=O) groups excluding carboxylic acids is 1. The van der Waals surface area contributed by atoms with Gasteiger partial charge in [-0.1, -0.05) is 37.3 Å². The molecule has 2 fully saturated rings. The first kappa shape index (κ1) is 15.1. The van der Waals surface area contributed by atoms with Crippen molar-refractivity contribution in [2.45, 2.75) is 38.6 Å². The quantitative estimate of drug-likeness (QED) is 0.932. The number of aryl methyl sites for hydroxylation is 1. The lowest BCUT2D eigenvalue weighted by atomic mass is 9.85. The summed E-state index contributed by atoms with van der Waals surface area (Å²) in [7, 11) is 0. The Balaban J connectivity index is 1.53. The van der Waals surface area contributed by atoms with Crippen molar-refractivity contribution in [3.63, 3.8) is 0 Å². The molecule has 2 amide bonds. The molecule has 5 nitrogen and oxygen atoms in total. The van der Waals surface area contributed by atoms with E-state index in [9.17, 15) is 4.79 Å². The van der Waals surface area contributed by atoms with Crippen LogP contribution >= 0.6 is 0 Å². The monoisotopic (exact) mass is 322 g/mol. The van der Waals surface area contributed by atoms with Crippen LogP contribution in [0.2, 0.25) is 0 Å². The second-order valence-electron chi connectivity index (χ2n) is 6.91. The fraction of sp³-hybridized carbons (Fsp3) is 0.421. The van der Waals surface area contributed by atoms with E-state index >= 15 is 0 Å². The summed E-state index contributed by atoms with van der Waals surface area (Å²) in [4.78, 5) is 23.5. The van der Waals surface area contributed by atoms with Gasteiger partial charge in [0.25, 0.3) is 0 Å². The van der Waals surface area contributed by atoms with Gasteiger partial charge in [-0.15, -0.1) is 0 Å². The van der Waals surface area contributed by atoms with E-state index in [4.69, 9.17) is 0 Å². The van der Waals surface area contributed by atoms with Crippen molar-refractivity contribution in [3.05, 3.63) is 53.6 Å². The third kappa shape index (κ3) is 2.75. The molecule has 0 bridgehead atoms. The van der Waals surface area contributed by atoms with Crippen LogP contribution in [0.15, 0.2) is 36.5 Å². The molecule has 0 spiro atoms. The second-order valence-corrected chi connectivity index (χ2v) is 6.91. The summed E-state index contributed by atoms with van der Waals surface area (Å²) < 4.78 is 0. The first-order valence-electron chi connectivity index (χ1n) is 8.59. The zero-order chi connectivity index (χ0) is 16.7. The highest BCUT2D eigenvalue weighted by Gasteiger charge is 2.40. The van der Waals surface area contributed by atoms with Gasteiger partial charge in [-0.2, -0.15) is 0 Å². The summed E-state index contributed by atoms with van der Waals surface area (Å²) in [5, 5.41) is 3.04. The minimum absolute atomic E-state index is 0.0590. The highest BCUT2D eigenvalue weighted by atomic mass is 16.2. The predicted molar refractivity (Wildman–Crippen MR) is 92.8 cm³/mol. The maximum absolute atomic E-state index is 12.8. The number of nitrogens with zero attached hydrogens (tertiary/aromatic N) is 3. The molecule has 2 aromatic rings. The molecule has 2 aliphatic rings. The van der Waals surface area contributed by atoms with Crippen molar-refractivity contribution < 1.29 is 4.79 Å². The van der Waals surface area contributed by atoms with E-state index in [1.54, 1.807) is 6.20 Å². The van der Waals surface area contributed by atoms with E-state index in [0.29, 0.717) is 11.8 Å². The number of likely N-dealkylation sites (tertiary alicyclic amines) is 1. The highest BCUT2D eigenvalue weighted by Crippen LogP contribution is 2.43. The van der Waals surface area contributed by atoms with Crippen LogP contribution in [0.25, 0.3) is 0 Å². The van der Waals surface area contributed by atoms with E-state index in [1.165, 1.54) is 5.56 Å². The first-order chi connectivity index (χ1) is 11.6. The molecule has 1 saturated heterocycles. The van der Waals surface area contributed by atoms with Crippen LogP contribution in [0.1, 0.15) is 48.8 Å². The standard InChI is InChI=1S/C19H22N4O/c1-12-11-23(18(12)15-6-4-3-5-7-15)19(24)22-16-10-20-13(2)21-17(16)14-8-9-14/h3-7,10,12,14,18H,8-9,11H2,1-2H3,(H,22,24). The van der Waals surface area contributed by atoms with Crippen LogP contribution < -0.4 is 5.32 Å². The van der Waals surface area contributed by atoms with E-state index in [1.807, 2.05) is 30.0 Å². The molecule has 2 atom stereocenters. The Bertz CT molecular complexity index is 757. The lowest BCUT2D eigenvalue weighted by Gasteiger charge is -2.46. The molecule has 1 N–H and O–H groups in total. The molecule has 1 saturated carbocycles. The van der Waals surface area contributed by atoms with Gasteiger partial charge in [0.05, 0.1) is 23.6 Å². The van der Waals surface area contributed by atoms with Gasteiger partial charge in [0.15, 0.2) is 0 Å². The third-order valence-corrected chi connectivity index (χ3v) is 4.91. The predicted octanol–water partition coefficient (Wildman–Crippen LogP) is 3.89. The lowest BCUT2D eigenvalue weighted by molar-refractivity contribution is 0.0670. The smallest absolute Gasteiger partial charge is 0.317 e. The van der Waals surface area contributed by atoms with Gasteiger partial charge in [-0.05, 0) is 31.2 Å². The van der Waals surface area contributed by atoms with Gasteiger partial charge in [-0.25, -0.2) is 14.8 Å². The lowest BCUT2D eigenvalue weighted by Crippen LogP contribution is -2.53. The van der Waals surface area contributed by atoms with Crippen molar-refractivity contribution >= 4 is 11.7 Å². The number of amides is 2. The van der Waals surface area contributed by atoms with Gasteiger partial charge in [0, 0.05) is 12.5 Å². The molecular weight excluding hydrogens is 300 g/mol. The molecule has 24 heavy (non-hydrogen) atoms. The normalized spacial score (nSPS) is 22.8. The summed E-state index contributed by atoms with van der Waals surface area (Å²) in [6.45, 7) is 4.85. The Labute approximate surface area is 142 Å². The Morgan fingerprint density at radius 2 is 2.00 bits per heavy atom. The molecule has 0 radical (unpaired) electrons. The fourth-order valence-electron chi connectivity index (χ4n) is 3.50. The highest BCUT2D eigenvalue weighted by molar-refractivity contribution is 5.90. The maximum atomic E-state index is 12.8. The van der Waals surface area contributed by atoms with E-state index in [0.717, 1.165) is 36.6 Å². The average Bonchev–Trinajstić information content (AvgIpc) is 3.40. The van der Waals surface area contributed by atoms with Crippen molar-refractivity contribution in [3.8, 4) is 0 Å². The van der Waals surface area contributed by atoms with Crippen LogP contribution in [0.5, 0.6) is 0 Å². The van der Waals surface area contributed by atoms with Gasteiger partial charge >= 0.3 is 6.03 Å². The Kier molecular flexibility index (Phi) is 3.71. The summed E-state index contributed by atoms with van der Waals surface area (Å²) in [6, 6.07) is 10.3. The number of carbonyl (C=O) groups is 1. The molecule has 124 valence electrons. The van der Waals surface area contributed by atoms with Crippen molar-refractivity contribution in [2.24, 2.45) is 5.92 Å². The summed E-state index contributed by atoms with van der Waals surface area (Å²) in [5.74, 6) is 1.70. The van der Waals surface area contributed by atoms with Crippen LogP contribution in [-0.4, -0.2) is 27.4 Å². The van der Waals surface area contributed by atoms with Gasteiger partial charge in [0.1, 0.15) is 5.82 Å². The van der Waals surface area contributed by atoms with Crippen LogP contribution in [0.3, 0.4) is 0 Å². The number of hydrogen-bond donors (Lipinski definition) is 1. The SMILES string of the molecule is Cc1ncc(NC(=O)N2CC(C)C2c2ccccc2)c(C2CC2)n1. The molecule has 1 aliphatic carbocycles. The van der Waals surface area contributed by atoms with E-state index in [-0.39, 0.29) is 12.1 Å². The largest absolute Gasteiger partial charge is 0.322 e. The number of benzene rings is 1. The molecule has 2 heterocycles. The zero-order valence-electron chi connectivity index (χ0n) is 14.1. The summed E-state index contributed by atoms with van der Waals surface area (Å²) >= 11 is 0. The molecule has 1 aromatic carbocycles. The third-order valence-electron chi connectivity index (χ3n) is 4.91. The van der Waals surface area contributed by atoms with Crippen LogP contribution in [-0.2, 0) is 0 Å². The zero-order valence-corrected chi connectivity index (χ0v) is 14.1. The molecule has 4 rings (SSSR count). The van der Waals surface area contributed by atoms with Gasteiger partial charge in [-0.3, -0.25) is 0 Å². The van der Waals surface area contributed by atoms with Gasteiger partial charge in [0.2, 0.25) is 0 Å². The molecular formula is C19H22N4O. The molecule has 1 aromatic heterocycles. The minimum atomic E-state index is -0.0590. The number of urea groups is 1. The maximum Gasteiger partial charge on any atom is 0.322 e. The summed E-state index contributed by atoms with van der Waals surface area (Å²) in [6.07, 6.45) is 4.04. The number of anilines is 1. The number of hydrogen-bond acceptors (Lipinski definition) is 3. The van der Waals surface area contributed by atoms with Crippen LogP contribution in [0, 0.1) is 12.8 Å². The van der Waals surface area contributed by atoms with Crippen molar-refractivity contribution in [1.29, 1.82) is 0 Å². The fourth-order valence-corrected chi connectivity index (χ4v) is 3.50. The van der Waals surface area contributed by atoms with E-state index in [2.05, 4.69) is 34.3 Å². The van der Waals surface area contributed by atoms with Crippen molar-refractivity contribution in [2.75, 3.05) is 11.9 Å². The van der Waals surface area contributed by atoms with Crippen molar-refractivity contribution in [1.82, 2.24) is 14.9 Å². The Morgan fingerprint density at radius 3 is 2.67 bits per heavy atom. The van der Waals surface area contributed by atoms with Gasteiger partial charge < -0.3 is 10.2 Å². The van der Waals surface area contributed by atoms with Crippen LogP contribution in [0.4, 0.5) is 10.5 Å². The average molecular weight is 322 g/mol. The Hall–Kier alpha value is -2.43. The topological polar surface area (TPSA) is 58.1 Å². The number of aromatic nitrogens is 2. The Morgan fingerprint density at radius 1 is 1.25 bits per heavy atom.